The minimum atomic E-state index is -0.554. The summed E-state index contributed by atoms with van der Waals surface area (Å²) in [5, 5.41) is 2.63. The van der Waals surface area contributed by atoms with Gasteiger partial charge in [0.1, 0.15) is 0 Å². The van der Waals surface area contributed by atoms with E-state index < -0.39 is 5.97 Å². The maximum Gasteiger partial charge on any atom is 0.338 e. The molecule has 0 heterocycles. The van der Waals surface area contributed by atoms with Crippen LogP contribution in [-0.2, 0) is 14.3 Å². The summed E-state index contributed by atoms with van der Waals surface area (Å²) in [7, 11) is 1.59. The SMILES string of the molecule is COCCCNC(=O)COC(=O)c1cccc(N)c1C. The number of carbonyl (C=O) groups excluding carboxylic acids is 2. The van der Waals surface area contributed by atoms with Crippen LogP contribution in [0, 0.1) is 6.92 Å². The molecular formula is C14H20N2O4. The molecule has 6 heteroatoms. The molecule has 1 amide bonds. The molecule has 0 radical (unpaired) electrons. The molecule has 0 aromatic heterocycles. The minimum absolute atomic E-state index is 0.306. The number of benzene rings is 1. The van der Waals surface area contributed by atoms with Gasteiger partial charge < -0.3 is 20.5 Å². The van der Waals surface area contributed by atoms with Gasteiger partial charge in [0.2, 0.25) is 0 Å². The monoisotopic (exact) mass is 280 g/mol. The van der Waals surface area contributed by atoms with Gasteiger partial charge >= 0.3 is 5.97 Å². The van der Waals surface area contributed by atoms with Crippen molar-refractivity contribution in [2.24, 2.45) is 0 Å². The van der Waals surface area contributed by atoms with Gasteiger partial charge in [-0.25, -0.2) is 4.79 Å². The predicted octanol–water partition coefficient (Wildman–Crippen LogP) is 0.887. The van der Waals surface area contributed by atoms with Crippen molar-refractivity contribution in [3.05, 3.63) is 29.3 Å². The summed E-state index contributed by atoms with van der Waals surface area (Å²) < 4.78 is 9.80. The topological polar surface area (TPSA) is 90.6 Å². The largest absolute Gasteiger partial charge is 0.452 e. The molecule has 1 aromatic carbocycles. The molecule has 110 valence electrons. The molecule has 0 aliphatic carbocycles. The number of nitrogen functional groups attached to an aromatic ring is 1. The first-order valence-electron chi connectivity index (χ1n) is 6.34. The van der Waals surface area contributed by atoms with Crippen molar-refractivity contribution in [2.75, 3.05) is 32.6 Å². The Balaban J connectivity index is 2.39. The van der Waals surface area contributed by atoms with Crippen molar-refractivity contribution in [2.45, 2.75) is 13.3 Å². The standard InChI is InChI=1S/C14H20N2O4/c1-10-11(5-3-6-12(10)15)14(18)20-9-13(17)16-7-4-8-19-2/h3,5-6H,4,7-9,15H2,1-2H3,(H,16,17). The Morgan fingerprint density at radius 3 is 2.80 bits per heavy atom. The summed E-state index contributed by atoms with van der Waals surface area (Å²) in [5.74, 6) is -0.891. The van der Waals surface area contributed by atoms with Crippen LogP contribution in [0.25, 0.3) is 0 Å². The summed E-state index contributed by atoms with van der Waals surface area (Å²) in [6.45, 7) is 2.49. The zero-order valence-electron chi connectivity index (χ0n) is 11.8. The van der Waals surface area contributed by atoms with Gasteiger partial charge in [0.05, 0.1) is 5.56 Å². The Kier molecular flexibility index (Phi) is 6.52. The van der Waals surface area contributed by atoms with Gasteiger partial charge in [0.15, 0.2) is 6.61 Å². The number of amides is 1. The Morgan fingerprint density at radius 2 is 2.10 bits per heavy atom. The highest BCUT2D eigenvalue weighted by atomic mass is 16.5. The molecule has 0 aliphatic heterocycles. The minimum Gasteiger partial charge on any atom is -0.452 e. The Bertz CT molecular complexity index is 474. The van der Waals surface area contributed by atoms with Gasteiger partial charge in [0, 0.05) is 25.9 Å². The van der Waals surface area contributed by atoms with Crippen LogP contribution >= 0.6 is 0 Å². The molecule has 0 spiro atoms. The second kappa shape index (κ2) is 8.16. The van der Waals surface area contributed by atoms with Crippen LogP contribution in [-0.4, -0.2) is 38.7 Å². The molecule has 0 saturated heterocycles. The second-order valence-corrected chi connectivity index (χ2v) is 4.29. The zero-order chi connectivity index (χ0) is 15.0. The maximum atomic E-state index is 11.8. The lowest BCUT2D eigenvalue weighted by Crippen LogP contribution is -2.30. The summed E-state index contributed by atoms with van der Waals surface area (Å²) in [6, 6.07) is 4.99. The number of nitrogens with two attached hydrogens (primary N) is 1. The third-order valence-corrected chi connectivity index (χ3v) is 2.78. The fraction of sp³-hybridized carbons (Fsp3) is 0.429. The van der Waals surface area contributed by atoms with Crippen molar-refractivity contribution in [1.29, 1.82) is 0 Å². The van der Waals surface area contributed by atoms with Gasteiger partial charge in [-0.2, -0.15) is 0 Å². The van der Waals surface area contributed by atoms with Crippen LogP contribution < -0.4 is 11.1 Å². The number of esters is 1. The van der Waals surface area contributed by atoms with Gasteiger partial charge in [-0.15, -0.1) is 0 Å². The fourth-order valence-electron chi connectivity index (χ4n) is 1.58. The molecule has 6 nitrogen and oxygen atoms in total. The van der Waals surface area contributed by atoms with E-state index in [-0.39, 0.29) is 12.5 Å². The quantitative estimate of drug-likeness (QED) is 0.439. The zero-order valence-corrected chi connectivity index (χ0v) is 11.8. The number of carbonyl (C=O) groups is 2. The maximum absolute atomic E-state index is 11.8. The summed E-state index contributed by atoms with van der Waals surface area (Å²) in [5.41, 5.74) is 7.25. The summed E-state index contributed by atoms with van der Waals surface area (Å²) >= 11 is 0. The Hall–Kier alpha value is -2.08. The van der Waals surface area contributed by atoms with Crippen molar-refractivity contribution < 1.29 is 19.1 Å². The first-order valence-corrected chi connectivity index (χ1v) is 6.34. The average molecular weight is 280 g/mol. The van der Waals surface area contributed by atoms with Gasteiger partial charge in [0.25, 0.3) is 5.91 Å². The van der Waals surface area contributed by atoms with Crippen LogP contribution in [0.1, 0.15) is 22.3 Å². The smallest absolute Gasteiger partial charge is 0.338 e. The Labute approximate surface area is 118 Å². The number of anilines is 1. The van der Waals surface area contributed by atoms with E-state index >= 15 is 0 Å². The van der Waals surface area contributed by atoms with Crippen molar-refractivity contribution in [1.82, 2.24) is 5.32 Å². The number of nitrogens with one attached hydrogen (secondary N) is 1. The molecule has 0 bridgehead atoms. The molecule has 1 rings (SSSR count). The fourth-order valence-corrected chi connectivity index (χ4v) is 1.58. The van der Waals surface area contributed by atoms with Crippen molar-refractivity contribution in [3.8, 4) is 0 Å². The average Bonchev–Trinajstić information content (AvgIpc) is 2.44. The summed E-state index contributed by atoms with van der Waals surface area (Å²) in [6.07, 6.45) is 0.713. The van der Waals surface area contributed by atoms with E-state index in [1.165, 1.54) is 0 Å². The number of methoxy groups -OCH3 is 1. The van der Waals surface area contributed by atoms with Crippen LogP contribution in [0.2, 0.25) is 0 Å². The van der Waals surface area contributed by atoms with Crippen LogP contribution in [0.4, 0.5) is 5.69 Å². The predicted molar refractivity (Wildman–Crippen MR) is 75.4 cm³/mol. The number of hydrogen-bond acceptors (Lipinski definition) is 5. The van der Waals surface area contributed by atoms with E-state index in [0.29, 0.717) is 36.4 Å². The molecule has 1 aromatic rings. The van der Waals surface area contributed by atoms with E-state index in [0.717, 1.165) is 0 Å². The van der Waals surface area contributed by atoms with Gasteiger partial charge in [-0.05, 0) is 31.0 Å². The second-order valence-electron chi connectivity index (χ2n) is 4.29. The highest BCUT2D eigenvalue weighted by molar-refractivity contribution is 5.94. The normalized spacial score (nSPS) is 10.1. The van der Waals surface area contributed by atoms with E-state index in [4.69, 9.17) is 15.2 Å². The van der Waals surface area contributed by atoms with Crippen LogP contribution in [0.3, 0.4) is 0 Å². The first-order chi connectivity index (χ1) is 9.56. The molecule has 0 aliphatic rings. The summed E-state index contributed by atoms with van der Waals surface area (Å²) in [4.78, 5) is 23.3. The molecule has 0 fully saturated rings. The highest BCUT2D eigenvalue weighted by Gasteiger charge is 2.13. The van der Waals surface area contributed by atoms with Crippen LogP contribution in [0.15, 0.2) is 18.2 Å². The lowest BCUT2D eigenvalue weighted by molar-refractivity contribution is -0.124. The van der Waals surface area contributed by atoms with E-state index in [9.17, 15) is 9.59 Å². The molecule has 3 N–H and O–H groups in total. The number of rotatable bonds is 7. The molecule has 0 saturated carbocycles. The van der Waals surface area contributed by atoms with Crippen LogP contribution in [0.5, 0.6) is 0 Å². The van der Waals surface area contributed by atoms with Gasteiger partial charge in [-0.1, -0.05) is 6.07 Å². The first kappa shape index (κ1) is 16.0. The third kappa shape index (κ3) is 4.89. The van der Waals surface area contributed by atoms with E-state index in [1.807, 2.05) is 0 Å². The van der Waals surface area contributed by atoms with E-state index in [1.54, 1.807) is 32.2 Å². The number of ether oxygens (including phenoxy) is 2. The molecule has 20 heavy (non-hydrogen) atoms. The number of hydrogen-bond donors (Lipinski definition) is 2. The van der Waals surface area contributed by atoms with Crippen molar-refractivity contribution in [3.63, 3.8) is 0 Å². The molecule has 0 unspecified atom stereocenters. The van der Waals surface area contributed by atoms with E-state index in [2.05, 4.69) is 5.32 Å². The lowest BCUT2D eigenvalue weighted by Gasteiger charge is -2.09. The van der Waals surface area contributed by atoms with Gasteiger partial charge in [-0.3, -0.25) is 4.79 Å². The van der Waals surface area contributed by atoms with Crippen molar-refractivity contribution >= 4 is 17.6 Å². The Morgan fingerprint density at radius 1 is 1.35 bits per heavy atom. The molecule has 0 atom stereocenters. The molecular weight excluding hydrogens is 260 g/mol. The third-order valence-electron chi connectivity index (χ3n) is 2.78. The lowest BCUT2D eigenvalue weighted by atomic mass is 10.1. The highest BCUT2D eigenvalue weighted by Crippen LogP contribution is 2.16.